The quantitative estimate of drug-likeness (QED) is 0.899. The van der Waals surface area contributed by atoms with Crippen molar-refractivity contribution < 1.29 is 0 Å². The Bertz CT molecular complexity index is 435. The number of aromatic nitrogens is 2. The van der Waals surface area contributed by atoms with Gasteiger partial charge in [0.1, 0.15) is 6.33 Å². The molecule has 0 aliphatic carbocycles. The summed E-state index contributed by atoms with van der Waals surface area (Å²) in [6, 6.07) is 9.07. The summed E-state index contributed by atoms with van der Waals surface area (Å²) in [5, 5.41) is 3.31. The molecule has 0 fully saturated rings. The molecule has 5 heteroatoms. The van der Waals surface area contributed by atoms with Gasteiger partial charge in [-0.15, -0.1) is 0 Å². The van der Waals surface area contributed by atoms with Gasteiger partial charge in [-0.1, -0.05) is 30.8 Å². The third kappa shape index (κ3) is 3.28. The van der Waals surface area contributed by atoms with E-state index in [-0.39, 0.29) is 0 Å². The number of hydrogen-bond donors (Lipinski definition) is 1. The number of nitrogens with one attached hydrogen (secondary N) is 1. The highest BCUT2D eigenvalue weighted by molar-refractivity contribution is 8.01. The van der Waals surface area contributed by atoms with Crippen LogP contribution in [0.1, 0.15) is 24.9 Å². The molecule has 17 heavy (non-hydrogen) atoms. The summed E-state index contributed by atoms with van der Waals surface area (Å²) < 4.78 is 4.98. The molecule has 0 amide bonds. The van der Waals surface area contributed by atoms with Gasteiger partial charge in [0.2, 0.25) is 0 Å². The Morgan fingerprint density at radius 1 is 1.35 bits per heavy atom. The van der Waals surface area contributed by atoms with Crippen molar-refractivity contribution in [3.05, 3.63) is 36.2 Å². The van der Waals surface area contributed by atoms with Crippen LogP contribution in [-0.4, -0.2) is 16.4 Å². The monoisotopic (exact) mass is 265 g/mol. The first kappa shape index (κ1) is 12.5. The highest BCUT2D eigenvalue weighted by atomic mass is 32.2. The van der Waals surface area contributed by atoms with E-state index in [0.717, 1.165) is 10.8 Å². The van der Waals surface area contributed by atoms with E-state index in [2.05, 4.69) is 45.9 Å². The van der Waals surface area contributed by atoms with Gasteiger partial charge in [0.05, 0.1) is 0 Å². The molecule has 0 aliphatic heterocycles. The maximum absolute atomic E-state index is 4.16. The smallest absolute Gasteiger partial charge is 0.174 e. The second kappa shape index (κ2) is 6.14. The first-order valence-corrected chi connectivity index (χ1v) is 7.14. The Morgan fingerprint density at radius 2 is 2.12 bits per heavy atom. The second-order valence-corrected chi connectivity index (χ2v) is 5.73. The van der Waals surface area contributed by atoms with Crippen molar-refractivity contribution >= 4 is 23.3 Å². The van der Waals surface area contributed by atoms with Crippen LogP contribution < -0.4 is 5.32 Å². The molecule has 0 spiro atoms. The van der Waals surface area contributed by atoms with Gasteiger partial charge in [0.25, 0.3) is 0 Å². The van der Waals surface area contributed by atoms with E-state index in [4.69, 9.17) is 0 Å². The summed E-state index contributed by atoms with van der Waals surface area (Å²) in [6.45, 7) is 2.19. The van der Waals surface area contributed by atoms with Crippen LogP contribution in [0.15, 0.2) is 39.8 Å². The average molecular weight is 265 g/mol. The summed E-state index contributed by atoms with van der Waals surface area (Å²) in [5.41, 5.74) is 1.33. The topological polar surface area (TPSA) is 37.8 Å². The second-order valence-electron chi connectivity index (χ2n) is 3.63. The van der Waals surface area contributed by atoms with Gasteiger partial charge in [0.15, 0.2) is 4.34 Å². The van der Waals surface area contributed by atoms with Crippen molar-refractivity contribution in [3.8, 4) is 0 Å². The third-order valence-corrected chi connectivity index (χ3v) is 4.31. The molecule has 2 rings (SSSR count). The van der Waals surface area contributed by atoms with Crippen LogP contribution in [0.4, 0.5) is 0 Å². The zero-order valence-corrected chi connectivity index (χ0v) is 11.5. The summed E-state index contributed by atoms with van der Waals surface area (Å²) in [5.74, 6) is 0. The molecule has 1 unspecified atom stereocenters. The summed E-state index contributed by atoms with van der Waals surface area (Å²) in [6.07, 6.45) is 2.69. The molecule has 1 aromatic heterocycles. The fraction of sp³-hybridized carbons (Fsp3) is 0.333. The Kier molecular flexibility index (Phi) is 4.53. The number of nitrogens with zero attached hydrogens (tertiary/aromatic N) is 2. The molecular weight excluding hydrogens is 250 g/mol. The lowest BCUT2D eigenvalue weighted by atomic mass is 10.1. The van der Waals surface area contributed by atoms with Crippen molar-refractivity contribution in [1.29, 1.82) is 0 Å². The molecule has 3 nitrogen and oxygen atoms in total. The predicted octanol–water partition coefficient (Wildman–Crippen LogP) is 3.36. The fourth-order valence-corrected chi connectivity index (χ4v) is 3.10. The fourth-order valence-electron chi connectivity index (χ4n) is 1.68. The standard InChI is InChI=1S/C12H15N3S2/c1-3-11(13-2)9-4-6-10(7-5-9)16-12-14-8-15-17-12/h4-8,11,13H,3H2,1-2H3. The van der Waals surface area contributed by atoms with Gasteiger partial charge in [-0.2, -0.15) is 4.37 Å². The minimum atomic E-state index is 0.440. The van der Waals surface area contributed by atoms with Gasteiger partial charge >= 0.3 is 0 Å². The molecular formula is C12H15N3S2. The molecule has 1 N–H and O–H groups in total. The van der Waals surface area contributed by atoms with Crippen LogP contribution in [-0.2, 0) is 0 Å². The molecule has 0 radical (unpaired) electrons. The number of hydrogen-bond acceptors (Lipinski definition) is 5. The van der Waals surface area contributed by atoms with Crippen LogP contribution >= 0.6 is 23.3 Å². The molecule has 0 saturated heterocycles. The Morgan fingerprint density at radius 3 is 2.65 bits per heavy atom. The maximum Gasteiger partial charge on any atom is 0.174 e. The van der Waals surface area contributed by atoms with Gasteiger partial charge in [0, 0.05) is 10.9 Å². The van der Waals surface area contributed by atoms with Crippen LogP contribution in [0, 0.1) is 0 Å². The Labute approximate surface area is 110 Å². The van der Waals surface area contributed by atoms with Crippen LogP contribution in [0.5, 0.6) is 0 Å². The van der Waals surface area contributed by atoms with E-state index in [9.17, 15) is 0 Å². The number of rotatable bonds is 5. The molecule has 0 aliphatic rings. The first-order valence-electron chi connectivity index (χ1n) is 5.55. The van der Waals surface area contributed by atoms with Gasteiger partial charge in [-0.05, 0) is 42.7 Å². The van der Waals surface area contributed by atoms with Crippen LogP contribution in [0.2, 0.25) is 0 Å². The average Bonchev–Trinajstić information content (AvgIpc) is 2.86. The SMILES string of the molecule is CCC(NC)c1ccc(Sc2ncns2)cc1. The predicted molar refractivity (Wildman–Crippen MR) is 72.6 cm³/mol. The van der Waals surface area contributed by atoms with Gasteiger partial charge in [-0.25, -0.2) is 4.98 Å². The Balaban J connectivity index is 2.07. The van der Waals surface area contributed by atoms with E-state index < -0.39 is 0 Å². The summed E-state index contributed by atoms with van der Waals surface area (Å²) >= 11 is 3.08. The molecule has 1 heterocycles. The van der Waals surface area contributed by atoms with Gasteiger partial charge in [-0.3, -0.25) is 0 Å². The summed E-state index contributed by atoms with van der Waals surface area (Å²) in [4.78, 5) is 5.36. The van der Waals surface area contributed by atoms with Crippen LogP contribution in [0.25, 0.3) is 0 Å². The molecule has 2 aromatic rings. The lowest BCUT2D eigenvalue weighted by molar-refractivity contribution is 0.576. The minimum absolute atomic E-state index is 0.440. The van der Waals surface area contributed by atoms with E-state index >= 15 is 0 Å². The number of benzene rings is 1. The van der Waals surface area contributed by atoms with Crippen LogP contribution in [0.3, 0.4) is 0 Å². The van der Waals surface area contributed by atoms with Crippen molar-refractivity contribution in [1.82, 2.24) is 14.7 Å². The minimum Gasteiger partial charge on any atom is -0.313 e. The lowest BCUT2D eigenvalue weighted by Crippen LogP contribution is -2.14. The van der Waals surface area contributed by atoms with E-state index in [1.54, 1.807) is 18.1 Å². The van der Waals surface area contributed by atoms with Crippen molar-refractivity contribution in [2.24, 2.45) is 0 Å². The lowest BCUT2D eigenvalue weighted by Gasteiger charge is -2.14. The molecule has 0 saturated carbocycles. The van der Waals surface area contributed by atoms with Crippen molar-refractivity contribution in [3.63, 3.8) is 0 Å². The molecule has 0 bridgehead atoms. The van der Waals surface area contributed by atoms with E-state index in [1.807, 2.05) is 7.05 Å². The normalized spacial score (nSPS) is 12.6. The van der Waals surface area contributed by atoms with Gasteiger partial charge < -0.3 is 5.32 Å². The van der Waals surface area contributed by atoms with Crippen molar-refractivity contribution in [2.75, 3.05) is 7.05 Å². The largest absolute Gasteiger partial charge is 0.313 e. The Hall–Kier alpha value is -0.910. The van der Waals surface area contributed by atoms with E-state index in [1.165, 1.54) is 22.0 Å². The molecule has 90 valence electrons. The molecule has 1 atom stereocenters. The molecule has 1 aromatic carbocycles. The highest BCUT2D eigenvalue weighted by Crippen LogP contribution is 2.29. The highest BCUT2D eigenvalue weighted by Gasteiger charge is 2.06. The summed E-state index contributed by atoms with van der Waals surface area (Å²) in [7, 11) is 2.00. The van der Waals surface area contributed by atoms with E-state index in [0.29, 0.717) is 6.04 Å². The van der Waals surface area contributed by atoms with Crippen molar-refractivity contribution in [2.45, 2.75) is 28.6 Å². The third-order valence-electron chi connectivity index (χ3n) is 2.59. The zero-order chi connectivity index (χ0) is 12.1. The maximum atomic E-state index is 4.16. The first-order chi connectivity index (χ1) is 8.33. The zero-order valence-electron chi connectivity index (χ0n) is 9.88.